The summed E-state index contributed by atoms with van der Waals surface area (Å²) in [6.45, 7) is 11.1. The van der Waals surface area contributed by atoms with Crippen molar-refractivity contribution in [3.63, 3.8) is 0 Å². The average molecular weight is 1840 g/mol. The van der Waals surface area contributed by atoms with E-state index in [-0.39, 0.29) is 22.8 Å². The molecule has 0 N–H and O–H groups in total. The monoisotopic (exact) mass is 1840 g/mol. The van der Waals surface area contributed by atoms with Crippen LogP contribution >= 0.6 is 0 Å². The lowest BCUT2D eigenvalue weighted by atomic mass is 9.97. The first-order chi connectivity index (χ1) is 61.0. The van der Waals surface area contributed by atoms with Gasteiger partial charge in [0.2, 0.25) is 0 Å². The number of hydrogen-bond donors (Lipinski definition) is 0. The Hall–Kier alpha value is -12.3. The van der Waals surface area contributed by atoms with Gasteiger partial charge in [-0.2, -0.15) is 0 Å². The molecule has 0 unspecified atom stereocenters. The molecule has 0 aliphatic carbocycles. The quantitative estimate of drug-likeness (QED) is 0.0337. The minimum Gasteiger partial charge on any atom is -0.463 e. The number of methoxy groups -OCH3 is 1. The third kappa shape index (κ3) is 28.1. The second-order valence-electron chi connectivity index (χ2n) is 29.2. The molecule has 5 aliphatic heterocycles. The number of carbonyl (C=O) groups is 16. The van der Waals surface area contributed by atoms with Crippen molar-refractivity contribution in [1.29, 1.82) is 0 Å². The van der Waals surface area contributed by atoms with Crippen LogP contribution in [0, 0.1) is 0 Å². The maximum absolute atomic E-state index is 13.0. The maximum atomic E-state index is 13.0. The van der Waals surface area contributed by atoms with Crippen LogP contribution < -0.4 is 0 Å². The lowest BCUT2D eigenvalue weighted by Crippen LogP contribution is -2.61. The first-order valence-electron chi connectivity index (χ1n) is 39.5. The highest BCUT2D eigenvalue weighted by Crippen LogP contribution is 2.41. The lowest BCUT2D eigenvalue weighted by Gasteiger charge is -2.45. The largest absolute Gasteiger partial charge is 0.463 e. The molecule has 4 aromatic rings. The average Bonchev–Trinajstić information content (AvgIpc) is 1.77. The van der Waals surface area contributed by atoms with Crippen molar-refractivity contribution >= 4 is 95.5 Å². The molecule has 5 aliphatic rings. The highest BCUT2D eigenvalue weighted by atomic mass is 16.7. The topological polar surface area (TPSA) is 636 Å². The molecule has 9 heterocycles. The van der Waals surface area contributed by atoms with E-state index in [1.165, 1.54) is 31.9 Å². The summed E-state index contributed by atoms with van der Waals surface area (Å²) >= 11 is 0. The van der Waals surface area contributed by atoms with Crippen molar-refractivity contribution in [2.45, 2.75) is 290 Å². The van der Waals surface area contributed by atoms with Crippen LogP contribution in [0.1, 0.15) is 158 Å². The summed E-state index contributed by atoms with van der Waals surface area (Å²) in [5, 5.41) is 34.2. The molecule has 4 aromatic heterocycles. The molecular weight excluding hydrogens is 1740 g/mol. The molecule has 54 nitrogen and oxygen atoms in total. The number of aromatic nitrogens is 12. The fraction of sp³-hybridized carbons (Fsp3) is 0.680. The van der Waals surface area contributed by atoms with E-state index in [1.54, 1.807) is 0 Å². The van der Waals surface area contributed by atoms with Gasteiger partial charge in [-0.25, -0.2) is 18.7 Å². The summed E-state index contributed by atoms with van der Waals surface area (Å²) in [4.78, 5) is 203. The predicted molar refractivity (Wildman–Crippen MR) is 400 cm³/mol. The molecule has 25 atom stereocenters. The molecule has 0 radical (unpaired) electrons. The molecule has 5 saturated heterocycles. The minimum atomic E-state index is -1.71. The normalized spacial score (nSPS) is 28.9. The Balaban J connectivity index is 1.15. The van der Waals surface area contributed by atoms with Crippen LogP contribution in [0.5, 0.6) is 0 Å². The van der Waals surface area contributed by atoms with Crippen molar-refractivity contribution in [1.82, 2.24) is 60.0 Å². The molecule has 54 heteroatoms. The van der Waals surface area contributed by atoms with Gasteiger partial charge < -0.3 is 123 Å². The first kappa shape index (κ1) is 100. The van der Waals surface area contributed by atoms with Gasteiger partial charge in [0, 0.05) is 118 Å². The zero-order chi connectivity index (χ0) is 94.5. The second kappa shape index (κ2) is 46.1. The predicted octanol–water partition coefficient (Wildman–Crippen LogP) is -2.28. The summed E-state index contributed by atoms with van der Waals surface area (Å²) in [5.41, 5.74) is -0.293. The van der Waals surface area contributed by atoms with Crippen LogP contribution in [-0.4, -0.2) is 324 Å². The molecule has 0 amide bonds. The molecule has 9 rings (SSSR count). The van der Waals surface area contributed by atoms with Gasteiger partial charge >= 0.3 is 95.5 Å². The summed E-state index contributed by atoms with van der Waals surface area (Å²) in [6.07, 6.45) is -35.0. The lowest BCUT2D eigenvalue weighted by molar-refractivity contribution is -0.323. The van der Waals surface area contributed by atoms with Crippen LogP contribution in [0.4, 0.5) is 0 Å². The first-order valence-corrected chi connectivity index (χ1v) is 39.5. The molecule has 0 aromatic carbocycles. The van der Waals surface area contributed by atoms with Crippen molar-refractivity contribution in [2.24, 2.45) is 0 Å². The molecule has 710 valence electrons. The fourth-order valence-electron chi connectivity index (χ4n) is 14.3. The Morgan fingerprint density at radius 3 is 0.690 bits per heavy atom. The van der Waals surface area contributed by atoms with E-state index in [1.807, 2.05) is 0 Å². The Bertz CT molecular complexity index is 4650. The van der Waals surface area contributed by atoms with Crippen LogP contribution in [0.2, 0.25) is 0 Å². The Labute approximate surface area is 731 Å². The van der Waals surface area contributed by atoms with E-state index in [4.69, 9.17) is 123 Å². The number of esters is 16. The van der Waals surface area contributed by atoms with Gasteiger partial charge in [0.1, 0.15) is 98.0 Å². The van der Waals surface area contributed by atoms with Crippen LogP contribution in [0.25, 0.3) is 0 Å². The summed E-state index contributed by atoms with van der Waals surface area (Å²) in [5.74, 6) is -14.4. The van der Waals surface area contributed by atoms with Crippen LogP contribution in [0.15, 0.2) is 24.8 Å². The van der Waals surface area contributed by atoms with Crippen molar-refractivity contribution in [3.8, 4) is 0 Å². The van der Waals surface area contributed by atoms with Crippen LogP contribution in [-0.2, 0) is 226 Å². The van der Waals surface area contributed by atoms with Gasteiger partial charge in [-0.3, -0.25) is 76.7 Å². The Morgan fingerprint density at radius 2 is 0.457 bits per heavy atom. The highest BCUT2D eigenvalue weighted by molar-refractivity contribution is 5.72. The molecule has 0 spiro atoms. The second-order valence-corrected chi connectivity index (χ2v) is 29.2. The number of rotatable bonds is 38. The van der Waals surface area contributed by atoms with Crippen molar-refractivity contribution < 1.29 is 200 Å². The summed E-state index contributed by atoms with van der Waals surface area (Å²) < 4.78 is 158. The third-order valence-corrected chi connectivity index (χ3v) is 18.8. The third-order valence-electron chi connectivity index (χ3n) is 18.8. The smallest absolute Gasteiger partial charge is 0.303 e. The number of nitrogens with zero attached hydrogens (tertiary/aromatic N) is 12. The van der Waals surface area contributed by atoms with E-state index < -0.39 is 308 Å². The maximum Gasteiger partial charge on any atom is 0.303 e. The molecule has 129 heavy (non-hydrogen) atoms. The summed E-state index contributed by atoms with van der Waals surface area (Å²) in [6, 6.07) is 0. The zero-order valence-electron chi connectivity index (χ0n) is 72.6. The number of carbonyl (C=O) groups excluding carboxylic acids is 16. The molecular formula is C75H98N12O42. The van der Waals surface area contributed by atoms with Crippen molar-refractivity contribution in [3.05, 3.63) is 47.6 Å². The van der Waals surface area contributed by atoms with Gasteiger partial charge in [0.25, 0.3) is 0 Å². The Kier molecular flexibility index (Phi) is 35.9. The molecule has 0 bridgehead atoms. The van der Waals surface area contributed by atoms with Gasteiger partial charge in [0.05, 0.1) is 57.8 Å². The molecule has 5 fully saturated rings. The fourth-order valence-corrected chi connectivity index (χ4v) is 14.3. The summed E-state index contributed by atoms with van der Waals surface area (Å²) in [7, 11) is 1.20. The van der Waals surface area contributed by atoms with Gasteiger partial charge in [-0.15, -0.1) is 20.4 Å². The van der Waals surface area contributed by atoms with E-state index in [0.717, 1.165) is 130 Å². The number of hydrogen-bond acceptors (Lipinski definition) is 50. The van der Waals surface area contributed by atoms with E-state index in [9.17, 15) is 76.7 Å². The molecule has 0 saturated carbocycles. The number of ether oxygens (including phenoxy) is 26. The zero-order valence-corrected chi connectivity index (χ0v) is 72.6. The van der Waals surface area contributed by atoms with E-state index in [2.05, 4.69) is 41.2 Å². The SMILES string of the molecule is CO[C@H]1O[C@H](COCc2cn([C@H]3O[C@H](COC(C)=O)[C@@H](OC(C)=O)[C@H](OC(C)=O)[C@@H]3OC(C)=O)nn2)[C@@H](OCc2cn([C@H]3O[C@H](COC(C)=O)[C@@H](OC(C)=O)[C@H](OC(C)=O)[C@@H]3OC(C)=O)nn2)[C@H](OCc2cn([C@H]3O[C@H](COC(C)=O)[C@@H](OC(C)=O)[C@H](OC(C)=O)[C@@H]3OC(C)=O)nn2)[C@H]1OCc1cn([C@H]2O[C@H](COC(C)=O)[C@@H](OC(C)=O)[C@H](OC(C)=O)[C@@H]2OC(C)=O)nn1. The highest BCUT2D eigenvalue weighted by Gasteiger charge is 2.59. The standard InChI is InChI=1S/C75H98N12O42/c1-31(88)106-27-52-57(113-35(5)92)62(117-39(9)96)66(121-43(13)100)71(125-52)84-18-47(76-80-84)22-105-26-51-56(110-23-48-19-85(81-77-48)72-67(122-44(14)101)63(118-40(10)97)58(114-36(6)93)53(126-72)28-107-32(2)89)61(111-24-49-20-86(82-78-49)73-68(123-45(15)102)64(119-41(11)98)59(115-37(7)94)54(127-73)29-108-33(3)90)70(75(104-17)129-51)112-25-50-21-87(83-79-50)74-69(124-46(16)103)65(120-42(12)99)60(116-38(8)95)55(128-74)30-109-34(4)91/h18-21,51-75H,22-30H2,1-17H3/t51-,52-,53-,54-,55-,56-,57-,58-,59-,60-,61+,62+,63+,64+,65+,66+,67+,68+,69+,70-,71+,72+,73+,74+,75+/m1/s1. The van der Waals surface area contributed by atoms with Crippen molar-refractivity contribution in [2.75, 3.05) is 40.1 Å². The van der Waals surface area contributed by atoms with E-state index >= 15 is 0 Å². The van der Waals surface area contributed by atoms with E-state index in [0.29, 0.717) is 0 Å². The van der Waals surface area contributed by atoms with Crippen LogP contribution in [0.3, 0.4) is 0 Å². The van der Waals surface area contributed by atoms with Gasteiger partial charge in [-0.05, 0) is 0 Å². The Morgan fingerprint density at radius 1 is 0.248 bits per heavy atom. The van der Waals surface area contributed by atoms with Gasteiger partial charge in [-0.1, -0.05) is 20.9 Å². The minimum absolute atomic E-state index is 0.0103. The van der Waals surface area contributed by atoms with Gasteiger partial charge in [0.15, 0.2) is 104 Å².